The zero-order chi connectivity index (χ0) is 21.5. The van der Waals surface area contributed by atoms with E-state index in [1.807, 2.05) is 55.5 Å². The van der Waals surface area contributed by atoms with Crippen molar-refractivity contribution in [3.05, 3.63) is 65.2 Å². The third kappa shape index (κ3) is 3.17. The zero-order valence-electron chi connectivity index (χ0n) is 17.0. The minimum absolute atomic E-state index is 0.230. The minimum atomic E-state index is -1.35. The molecule has 0 unspecified atom stereocenters. The summed E-state index contributed by atoms with van der Waals surface area (Å²) in [5.41, 5.74) is 3.59. The van der Waals surface area contributed by atoms with Crippen LogP contribution in [0.5, 0.6) is 0 Å². The van der Waals surface area contributed by atoms with Crippen LogP contribution in [0, 0.1) is 6.92 Å². The van der Waals surface area contributed by atoms with Crippen molar-refractivity contribution in [3.63, 3.8) is 0 Å². The lowest BCUT2D eigenvalue weighted by atomic mass is 10.0. The fraction of sp³-hybridized carbons (Fsp3) is 0.273. The molecule has 2 aliphatic heterocycles. The number of aryl methyl sites for hydroxylation is 1. The molecule has 2 aromatic rings. The van der Waals surface area contributed by atoms with Crippen molar-refractivity contribution in [2.75, 3.05) is 11.4 Å². The van der Waals surface area contributed by atoms with E-state index in [0.29, 0.717) is 18.5 Å². The quantitative estimate of drug-likeness (QED) is 0.825. The molecule has 4 rings (SSSR count). The second-order valence-corrected chi connectivity index (χ2v) is 8.51. The largest absolute Gasteiger partial charge is 0.308 e. The summed E-state index contributed by atoms with van der Waals surface area (Å²) in [5.74, 6) is -0.904. The van der Waals surface area contributed by atoms with Gasteiger partial charge in [-0.1, -0.05) is 48.5 Å². The predicted molar refractivity (Wildman–Crippen MR) is 117 cm³/mol. The van der Waals surface area contributed by atoms with E-state index < -0.39 is 4.87 Å². The van der Waals surface area contributed by atoms with Crippen molar-refractivity contribution in [2.45, 2.75) is 32.1 Å². The van der Waals surface area contributed by atoms with E-state index in [4.69, 9.17) is 0 Å². The van der Waals surface area contributed by atoms with Crippen LogP contribution in [0.3, 0.4) is 0 Å². The maximum Gasteiger partial charge on any atom is 0.270 e. The first kappa shape index (κ1) is 20.2. The van der Waals surface area contributed by atoms with Gasteiger partial charge in [-0.15, -0.1) is 5.10 Å². The van der Waals surface area contributed by atoms with Crippen LogP contribution in [0.15, 0.2) is 53.6 Å². The first-order valence-corrected chi connectivity index (χ1v) is 10.5. The molecule has 0 aliphatic carbocycles. The zero-order valence-corrected chi connectivity index (χ0v) is 17.8. The summed E-state index contributed by atoms with van der Waals surface area (Å²) in [7, 11) is 0. The number of rotatable bonds is 3. The number of benzene rings is 2. The molecular formula is C22H22N4O3S. The first-order chi connectivity index (χ1) is 14.3. The highest BCUT2D eigenvalue weighted by atomic mass is 32.2. The van der Waals surface area contributed by atoms with E-state index in [2.05, 4.69) is 10.4 Å². The molecule has 1 atom stereocenters. The molecule has 30 heavy (non-hydrogen) atoms. The summed E-state index contributed by atoms with van der Waals surface area (Å²) < 4.78 is 0. The van der Waals surface area contributed by atoms with E-state index in [0.717, 1.165) is 28.6 Å². The Labute approximate surface area is 179 Å². The second-order valence-electron chi connectivity index (χ2n) is 7.33. The van der Waals surface area contributed by atoms with Crippen LogP contribution in [0.2, 0.25) is 0 Å². The molecule has 0 bridgehead atoms. The van der Waals surface area contributed by atoms with Crippen molar-refractivity contribution in [1.82, 2.24) is 10.3 Å². The van der Waals surface area contributed by atoms with Gasteiger partial charge in [0.15, 0.2) is 5.17 Å². The van der Waals surface area contributed by atoms with Crippen molar-refractivity contribution < 1.29 is 14.4 Å². The molecule has 0 radical (unpaired) electrons. The summed E-state index contributed by atoms with van der Waals surface area (Å²) >= 11 is 1.10. The van der Waals surface area contributed by atoms with Gasteiger partial charge < -0.3 is 10.2 Å². The summed E-state index contributed by atoms with van der Waals surface area (Å²) in [6, 6.07) is 15.6. The van der Waals surface area contributed by atoms with Crippen LogP contribution in [-0.4, -0.2) is 34.4 Å². The average molecular weight is 423 g/mol. The molecule has 3 amide bonds. The summed E-state index contributed by atoms with van der Waals surface area (Å²) in [6.07, 6.45) is 0.681. The molecular weight excluding hydrogens is 400 g/mol. The van der Waals surface area contributed by atoms with Gasteiger partial charge in [-0.25, -0.2) is 0 Å². The Bertz CT molecular complexity index is 1070. The smallest absolute Gasteiger partial charge is 0.270 e. The highest BCUT2D eigenvalue weighted by Crippen LogP contribution is 2.55. The van der Waals surface area contributed by atoms with Gasteiger partial charge in [0.1, 0.15) is 0 Å². The molecule has 7 nitrogen and oxygen atoms in total. The molecule has 1 N–H and O–H groups in total. The van der Waals surface area contributed by atoms with E-state index >= 15 is 0 Å². The minimum Gasteiger partial charge on any atom is -0.308 e. The Kier molecular flexibility index (Phi) is 5.11. The molecule has 2 aliphatic rings. The number of anilines is 1. The van der Waals surface area contributed by atoms with Crippen LogP contribution in [0.1, 0.15) is 30.5 Å². The predicted octanol–water partition coefficient (Wildman–Crippen LogP) is 2.74. The molecule has 0 aromatic heterocycles. The summed E-state index contributed by atoms with van der Waals surface area (Å²) in [5, 5.41) is 8.34. The Morgan fingerprint density at radius 1 is 1.10 bits per heavy atom. The molecule has 2 heterocycles. The lowest BCUT2D eigenvalue weighted by molar-refractivity contribution is -0.139. The van der Waals surface area contributed by atoms with Gasteiger partial charge in [-0.3, -0.25) is 14.4 Å². The molecule has 1 spiro atoms. The number of carbonyl (C=O) groups is 3. The summed E-state index contributed by atoms with van der Waals surface area (Å²) in [6.45, 7) is 5.17. The monoisotopic (exact) mass is 422 g/mol. The number of nitrogens with zero attached hydrogens (tertiary/aromatic N) is 3. The van der Waals surface area contributed by atoms with Crippen LogP contribution >= 0.6 is 11.8 Å². The van der Waals surface area contributed by atoms with E-state index in [9.17, 15) is 14.4 Å². The normalized spacial score (nSPS) is 19.8. The molecule has 0 saturated carbocycles. The van der Waals surface area contributed by atoms with Gasteiger partial charge in [0, 0.05) is 26.0 Å². The number of amides is 3. The summed E-state index contributed by atoms with van der Waals surface area (Å²) in [4.78, 5) is 38.3. The molecule has 8 heteroatoms. The molecule has 2 aromatic carbocycles. The van der Waals surface area contributed by atoms with Crippen LogP contribution in [0.25, 0.3) is 0 Å². The van der Waals surface area contributed by atoms with Crippen LogP contribution in [-0.2, 0) is 25.7 Å². The van der Waals surface area contributed by atoms with E-state index in [-0.39, 0.29) is 22.9 Å². The fourth-order valence-electron chi connectivity index (χ4n) is 3.95. The molecule has 154 valence electrons. The third-order valence-electron chi connectivity index (χ3n) is 5.19. The van der Waals surface area contributed by atoms with Crippen molar-refractivity contribution in [2.24, 2.45) is 5.10 Å². The van der Waals surface area contributed by atoms with Crippen molar-refractivity contribution in [3.8, 4) is 0 Å². The number of amidine groups is 1. The van der Waals surface area contributed by atoms with Gasteiger partial charge in [0.25, 0.3) is 5.91 Å². The molecule has 0 saturated heterocycles. The fourth-order valence-corrected chi connectivity index (χ4v) is 5.28. The topological polar surface area (TPSA) is 82.1 Å². The maximum absolute atomic E-state index is 13.8. The number of carbonyl (C=O) groups excluding carboxylic acids is 3. The van der Waals surface area contributed by atoms with Gasteiger partial charge in [-0.2, -0.15) is 5.01 Å². The first-order valence-electron chi connectivity index (χ1n) is 9.66. The number of hydrazone groups is 1. The number of hydrogen-bond acceptors (Lipinski definition) is 5. The van der Waals surface area contributed by atoms with Gasteiger partial charge in [0.2, 0.25) is 16.7 Å². The van der Waals surface area contributed by atoms with Crippen LogP contribution in [0.4, 0.5) is 5.69 Å². The standard InChI is InChI=1S/C22H22N4O3S/c1-14-8-7-11-18-19(14)25(13-12-17-9-5-4-6-10-17)20(29)22(18)26(16(3)28)24-21(30-22)23-15(2)27/h4-11H,12-13H2,1-3H3,(H,23,24,27)/t22-/m0/s1. The Balaban J connectivity index is 1.76. The van der Waals surface area contributed by atoms with Crippen molar-refractivity contribution >= 4 is 40.3 Å². The number of para-hydroxylation sites is 1. The highest BCUT2D eigenvalue weighted by Gasteiger charge is 2.61. The number of thioether (sulfide) groups is 1. The lowest BCUT2D eigenvalue weighted by Gasteiger charge is -2.29. The van der Waals surface area contributed by atoms with Gasteiger partial charge >= 0.3 is 0 Å². The molecule has 0 fully saturated rings. The van der Waals surface area contributed by atoms with Gasteiger partial charge in [0.05, 0.1) is 5.69 Å². The highest BCUT2D eigenvalue weighted by molar-refractivity contribution is 8.15. The average Bonchev–Trinajstić information content (AvgIpc) is 3.19. The number of fused-ring (bicyclic) bond motifs is 2. The number of nitrogens with one attached hydrogen (secondary N) is 1. The third-order valence-corrected chi connectivity index (χ3v) is 6.43. The second kappa shape index (κ2) is 7.60. The van der Waals surface area contributed by atoms with Crippen LogP contribution < -0.4 is 10.2 Å². The Morgan fingerprint density at radius 2 is 1.83 bits per heavy atom. The number of hydrogen-bond donors (Lipinski definition) is 1. The Morgan fingerprint density at radius 3 is 2.50 bits per heavy atom. The van der Waals surface area contributed by atoms with Gasteiger partial charge in [-0.05, 0) is 36.2 Å². The maximum atomic E-state index is 13.8. The van der Waals surface area contributed by atoms with E-state index in [1.54, 1.807) is 4.90 Å². The Hall–Kier alpha value is -3.13. The SMILES string of the molecule is CC(=O)NC1=NN(C(C)=O)[C@@]2(S1)C(=O)N(CCc1ccccc1)c1c(C)cccc12. The van der Waals surface area contributed by atoms with Crippen molar-refractivity contribution in [1.29, 1.82) is 0 Å². The van der Waals surface area contributed by atoms with E-state index in [1.165, 1.54) is 18.9 Å². The lowest BCUT2D eigenvalue weighted by Crippen LogP contribution is -2.49.